The van der Waals surface area contributed by atoms with E-state index < -0.39 is 0 Å². The fourth-order valence-electron chi connectivity index (χ4n) is 10.6. The van der Waals surface area contributed by atoms with Crippen molar-refractivity contribution in [2.24, 2.45) is 32.3 Å². The molecule has 0 radical (unpaired) electrons. The fourth-order valence-corrected chi connectivity index (χ4v) is 12.3. The van der Waals surface area contributed by atoms with Crippen LogP contribution in [-0.4, -0.2) is 174 Å². The highest BCUT2D eigenvalue weighted by atomic mass is 32.1. The molecule has 4 aromatic rings. The molecule has 2 unspecified atom stereocenters. The first-order valence-corrected chi connectivity index (χ1v) is 38.1. The molecule has 104 heavy (non-hydrogen) atoms. The van der Waals surface area contributed by atoms with Gasteiger partial charge >= 0.3 is 17.9 Å². The van der Waals surface area contributed by atoms with Gasteiger partial charge in [0.1, 0.15) is 28.5 Å². The normalized spacial score (nSPS) is 12.8. The highest BCUT2D eigenvalue weighted by Crippen LogP contribution is 2.48. The Hall–Kier alpha value is -7.48. The Morgan fingerprint density at radius 2 is 1.02 bits per heavy atom. The number of thiophene rings is 2. The number of aryl methyl sites for hydroxylation is 2. The Bertz CT molecular complexity index is 3370. The highest BCUT2D eigenvalue weighted by molar-refractivity contribution is 7.20. The van der Waals surface area contributed by atoms with Crippen LogP contribution in [0.15, 0.2) is 56.9 Å². The van der Waals surface area contributed by atoms with Crippen molar-refractivity contribution >= 4 is 95.5 Å². The van der Waals surface area contributed by atoms with Crippen LogP contribution in [0.25, 0.3) is 14.5 Å². The van der Waals surface area contributed by atoms with E-state index >= 15 is 0 Å². The van der Waals surface area contributed by atoms with Crippen LogP contribution < -0.4 is 9.80 Å². The standard InChI is InChI=1S/C39H57N5O7S.C26H35N5O5S.C12H20O3/c1-7-9-10-11-12-13-14-33(32(5)45)28-37(46)51-26-25-50-24-23-49-22-21-48-20-19-47-18-17-44(8-2)34-15-16-35(30(3)27-34)42-43-39-38(41-6)31(4)36(29-40)52-39;1-6-31(9-11-33-13-15-35-17-18-36-16-14-34-12-10-32)22-7-8-23(20(2)19-22)29-30-26-24(27-4)21(3)25(28-5)37-26;1-2-3-4-5-6-7-8-10-9-11(13)15-12(10)14/h15-16,27,33H,7-14,17-26,28H2,1-5H3;7-8,19,32H,6,9-18H2,1-3H3;10H,2-9H2,1H3. The topological polar surface area (TPSA) is 274 Å². The summed E-state index contributed by atoms with van der Waals surface area (Å²) in [6.07, 6.45) is 16.2. The maximum atomic E-state index is 12.2. The average Bonchev–Trinajstić information content (AvgIpc) is 1.71. The van der Waals surface area contributed by atoms with Crippen LogP contribution in [0.3, 0.4) is 0 Å². The van der Waals surface area contributed by atoms with Crippen LogP contribution in [0.5, 0.6) is 0 Å². The molecule has 1 aliphatic rings. The molecule has 2 atom stereocenters. The Kier molecular flexibility index (Phi) is 49.6. The number of unbranched alkanes of at least 4 members (excludes halogenated alkanes) is 10. The van der Waals surface area contributed by atoms with E-state index in [1.807, 2.05) is 38.1 Å². The molecule has 1 fully saturated rings. The summed E-state index contributed by atoms with van der Waals surface area (Å²) in [4.78, 5) is 61.4. The van der Waals surface area contributed by atoms with E-state index in [0.717, 1.165) is 92.9 Å². The lowest BCUT2D eigenvalue weighted by Gasteiger charge is -2.23. The second-order valence-electron chi connectivity index (χ2n) is 24.5. The van der Waals surface area contributed by atoms with E-state index in [2.05, 4.69) is 95.4 Å². The third-order valence-electron chi connectivity index (χ3n) is 16.7. The molecular weight excluding hydrogens is 1370 g/mol. The molecule has 3 heterocycles. The van der Waals surface area contributed by atoms with Crippen LogP contribution in [0, 0.1) is 70.6 Å². The number of carbonyl (C=O) groups is 4. The maximum Gasteiger partial charge on any atom is 0.317 e. The molecule has 2 aromatic heterocycles. The van der Waals surface area contributed by atoms with Gasteiger partial charge in [0.25, 0.3) is 0 Å². The van der Waals surface area contributed by atoms with Crippen molar-refractivity contribution in [2.75, 3.05) is 155 Å². The molecule has 0 amide bonds. The monoisotopic (exact) mass is 1480 g/mol. The van der Waals surface area contributed by atoms with Gasteiger partial charge in [-0.1, -0.05) is 97.8 Å². The number of rotatable bonds is 54. The van der Waals surface area contributed by atoms with Crippen LogP contribution >= 0.6 is 22.7 Å². The van der Waals surface area contributed by atoms with Crippen molar-refractivity contribution in [3.05, 3.63) is 97.8 Å². The molecule has 1 saturated heterocycles. The number of benzene rings is 2. The zero-order valence-electron chi connectivity index (χ0n) is 62.9. The van der Waals surface area contributed by atoms with Gasteiger partial charge in [-0.05, 0) is 113 Å². The number of Topliss-reactive ketones (excluding diaryl/α,β-unsaturated/α-hetero) is 1. The van der Waals surface area contributed by atoms with Crippen molar-refractivity contribution < 1.29 is 71.7 Å². The predicted molar refractivity (Wildman–Crippen MR) is 407 cm³/mol. The second-order valence-corrected chi connectivity index (χ2v) is 26.5. The van der Waals surface area contributed by atoms with E-state index in [4.69, 9.17) is 67.5 Å². The molecule has 5 rings (SSSR count). The summed E-state index contributed by atoms with van der Waals surface area (Å²) in [6.45, 7) is 50.3. The molecule has 2 aromatic carbocycles. The number of esters is 3. The largest absolute Gasteiger partial charge is 0.463 e. The highest BCUT2D eigenvalue weighted by Gasteiger charge is 2.32. The van der Waals surface area contributed by atoms with Gasteiger partial charge in [0.05, 0.1) is 167 Å². The van der Waals surface area contributed by atoms with Crippen molar-refractivity contribution in [1.82, 2.24) is 0 Å². The number of ketones is 1. The van der Waals surface area contributed by atoms with Gasteiger partial charge in [-0.2, -0.15) is 25.7 Å². The zero-order valence-corrected chi connectivity index (χ0v) is 64.6. The second kappa shape index (κ2) is 56.8. The minimum Gasteiger partial charge on any atom is -0.463 e. The van der Waals surface area contributed by atoms with Crippen LogP contribution in [-0.2, 0) is 66.5 Å². The first kappa shape index (κ1) is 90.7. The van der Waals surface area contributed by atoms with Gasteiger partial charge in [0.2, 0.25) is 16.4 Å². The van der Waals surface area contributed by atoms with E-state index in [1.54, 1.807) is 20.8 Å². The SMILES string of the molecule is CCCCCCCCC1CC(=O)OC1=O.[C-]#[N+]c1c(N=Nc2ccc(N(CC)CCOCCOCCOCCOCCOC(=O)CC(CCCCCCCC)C(C)=O)cc2C)sc(C#N)c1C.[C-]#[N+]c1sc(N=Nc2ccc(N(CC)CCOCCOCCOCCOCCO)cc2C)c([N+]#[C-])c1C. The van der Waals surface area contributed by atoms with E-state index in [0.29, 0.717) is 154 Å². The molecule has 27 heteroatoms. The van der Waals surface area contributed by atoms with Gasteiger partial charge < -0.3 is 62.3 Å². The zero-order chi connectivity index (χ0) is 76.0. The fraction of sp³-hybridized carbons (Fsp3) is 0.636. The molecular formula is C77H112N10O15S2. The quantitative estimate of drug-likeness (QED) is 0.0141. The Balaban J connectivity index is 0.000000465. The molecule has 0 bridgehead atoms. The molecule has 0 aliphatic carbocycles. The number of cyclic esters (lactones) is 2. The summed E-state index contributed by atoms with van der Waals surface area (Å²) >= 11 is 2.37. The molecule has 25 nitrogen and oxygen atoms in total. The van der Waals surface area contributed by atoms with Crippen LogP contribution in [0.4, 0.5) is 49.1 Å². The number of hydrogen-bond donors (Lipinski definition) is 1. The lowest BCUT2D eigenvalue weighted by atomic mass is 9.94. The predicted octanol–water partition coefficient (Wildman–Crippen LogP) is 17.6. The summed E-state index contributed by atoms with van der Waals surface area (Å²) in [5, 5.41) is 36.5. The number of aliphatic hydroxyl groups is 1. The number of hydrogen-bond acceptors (Lipinski definition) is 24. The van der Waals surface area contributed by atoms with Crippen molar-refractivity contribution in [2.45, 2.75) is 165 Å². The number of azo groups is 2. The minimum atomic E-state index is -0.351. The summed E-state index contributed by atoms with van der Waals surface area (Å²) in [6, 6.07) is 14.1. The number of ether oxygens (including phenoxy) is 10. The lowest BCUT2D eigenvalue weighted by molar-refractivity contribution is -0.153. The van der Waals surface area contributed by atoms with Crippen molar-refractivity contribution in [1.29, 1.82) is 5.26 Å². The summed E-state index contributed by atoms with van der Waals surface area (Å²) in [5.74, 6) is -1.37. The summed E-state index contributed by atoms with van der Waals surface area (Å²) < 4.78 is 53.8. The van der Waals surface area contributed by atoms with Crippen LogP contribution in [0.1, 0.15) is 164 Å². The molecule has 572 valence electrons. The maximum absolute atomic E-state index is 12.2. The van der Waals surface area contributed by atoms with Crippen molar-refractivity contribution in [3.63, 3.8) is 0 Å². The molecule has 1 N–H and O–H groups in total. The minimum absolute atomic E-state index is 0.0211. The third-order valence-corrected chi connectivity index (χ3v) is 18.8. The number of nitrogens with zero attached hydrogens (tertiary/aromatic N) is 10. The average molecular weight is 1480 g/mol. The van der Waals surface area contributed by atoms with Crippen LogP contribution in [0.2, 0.25) is 0 Å². The number of nitriles is 1. The first-order valence-electron chi connectivity index (χ1n) is 36.5. The summed E-state index contributed by atoms with van der Waals surface area (Å²) in [7, 11) is 0. The Labute approximate surface area is 625 Å². The van der Waals surface area contributed by atoms with Crippen molar-refractivity contribution in [3.8, 4) is 6.07 Å². The molecule has 0 saturated carbocycles. The molecule has 0 spiro atoms. The number of anilines is 2. The third kappa shape index (κ3) is 37.0. The number of carbonyl (C=O) groups excluding carboxylic acids is 4. The Morgan fingerprint density at radius 1 is 0.587 bits per heavy atom. The lowest BCUT2D eigenvalue weighted by Crippen LogP contribution is -2.27. The van der Waals surface area contributed by atoms with Gasteiger partial charge in [-0.3, -0.25) is 19.2 Å². The van der Waals surface area contributed by atoms with Gasteiger partial charge in [-0.15, -0.1) is 22.7 Å². The van der Waals surface area contributed by atoms with Gasteiger partial charge in [0.15, 0.2) is 0 Å². The van der Waals surface area contributed by atoms with E-state index in [9.17, 15) is 24.4 Å². The van der Waals surface area contributed by atoms with E-state index in [1.165, 1.54) is 74.0 Å². The number of aliphatic hydroxyl groups excluding tert-OH is 1. The number of likely N-dealkylation sites (N-methyl/N-ethyl adjacent to an activating group) is 2. The Morgan fingerprint density at radius 3 is 1.43 bits per heavy atom. The smallest absolute Gasteiger partial charge is 0.317 e. The molecule has 1 aliphatic heterocycles. The summed E-state index contributed by atoms with van der Waals surface area (Å²) in [5.41, 5.74) is 7.56. The first-order chi connectivity index (χ1) is 50.5. The van der Waals surface area contributed by atoms with Gasteiger partial charge in [-0.25, -0.2) is 14.5 Å². The van der Waals surface area contributed by atoms with E-state index in [-0.39, 0.29) is 61.8 Å². The van der Waals surface area contributed by atoms with Gasteiger partial charge in [0, 0.05) is 43.5 Å².